The van der Waals surface area contributed by atoms with Gasteiger partial charge in [-0.05, 0) is 36.8 Å². The van der Waals surface area contributed by atoms with Gasteiger partial charge in [0, 0.05) is 21.9 Å². The van der Waals surface area contributed by atoms with Crippen LogP contribution in [0.15, 0.2) is 60.7 Å². The van der Waals surface area contributed by atoms with Crippen molar-refractivity contribution in [2.75, 3.05) is 14.2 Å². The van der Waals surface area contributed by atoms with Gasteiger partial charge >= 0.3 is 11.9 Å². The molecule has 31 heavy (non-hydrogen) atoms. The molecule has 0 N–H and O–H groups in total. The smallest absolute Gasteiger partial charge is 0.338 e. The fourth-order valence-corrected chi connectivity index (χ4v) is 3.84. The molecule has 4 rings (SSSR count). The van der Waals surface area contributed by atoms with Gasteiger partial charge in [-0.3, -0.25) is 0 Å². The molecular formula is C26H22O5. The van der Waals surface area contributed by atoms with E-state index in [0.717, 1.165) is 21.5 Å². The highest BCUT2D eigenvalue weighted by atomic mass is 16.5. The molecule has 156 valence electrons. The summed E-state index contributed by atoms with van der Waals surface area (Å²) in [5.41, 5.74) is 2.19. The van der Waals surface area contributed by atoms with Crippen LogP contribution >= 0.6 is 0 Å². The van der Waals surface area contributed by atoms with Crippen LogP contribution in [0.2, 0.25) is 0 Å². The van der Waals surface area contributed by atoms with E-state index in [-0.39, 0.29) is 0 Å². The molecule has 0 aliphatic heterocycles. The molecule has 0 radical (unpaired) electrons. The zero-order chi connectivity index (χ0) is 22.1. The third-order valence-corrected chi connectivity index (χ3v) is 5.51. The molecule has 4 aromatic carbocycles. The standard InChI is InChI=1S/C26H22O5/c1-15-21(25(27)29-3)13-17-9-5-7-11-19(17)23(15)31-24-16(2)22(26(28)30-4)14-18-10-6-8-12-20(18)24/h5-14H,1-4H3. The van der Waals surface area contributed by atoms with Gasteiger partial charge in [0.25, 0.3) is 0 Å². The van der Waals surface area contributed by atoms with Crippen molar-refractivity contribution < 1.29 is 23.8 Å². The second-order valence-corrected chi connectivity index (χ2v) is 7.28. The summed E-state index contributed by atoms with van der Waals surface area (Å²) in [5.74, 6) is 0.235. The van der Waals surface area contributed by atoms with Crippen molar-refractivity contribution in [3.63, 3.8) is 0 Å². The Kier molecular flexibility index (Phi) is 5.34. The third-order valence-electron chi connectivity index (χ3n) is 5.51. The van der Waals surface area contributed by atoms with Gasteiger partial charge in [-0.2, -0.15) is 0 Å². The fourth-order valence-electron chi connectivity index (χ4n) is 3.84. The molecule has 0 aromatic heterocycles. The van der Waals surface area contributed by atoms with Crippen LogP contribution in [-0.2, 0) is 9.47 Å². The van der Waals surface area contributed by atoms with Crippen molar-refractivity contribution >= 4 is 33.5 Å². The van der Waals surface area contributed by atoms with Gasteiger partial charge < -0.3 is 14.2 Å². The summed E-state index contributed by atoms with van der Waals surface area (Å²) in [6.45, 7) is 3.66. The summed E-state index contributed by atoms with van der Waals surface area (Å²) in [7, 11) is 2.71. The Hall–Kier alpha value is -3.86. The number of methoxy groups -OCH3 is 2. The molecule has 0 aliphatic rings. The van der Waals surface area contributed by atoms with Crippen molar-refractivity contribution in [1.82, 2.24) is 0 Å². The van der Waals surface area contributed by atoms with Crippen molar-refractivity contribution in [1.29, 1.82) is 0 Å². The monoisotopic (exact) mass is 414 g/mol. The van der Waals surface area contributed by atoms with E-state index in [1.54, 1.807) is 12.1 Å². The van der Waals surface area contributed by atoms with Gasteiger partial charge in [0.15, 0.2) is 0 Å². The maximum absolute atomic E-state index is 12.4. The van der Waals surface area contributed by atoms with Crippen molar-refractivity contribution in [2.24, 2.45) is 0 Å². The van der Waals surface area contributed by atoms with E-state index in [1.807, 2.05) is 62.4 Å². The number of carbonyl (C=O) groups is 2. The Morgan fingerprint density at radius 1 is 0.645 bits per heavy atom. The molecule has 0 atom stereocenters. The minimum Gasteiger partial charge on any atom is -0.465 e. The highest BCUT2D eigenvalue weighted by Crippen LogP contribution is 2.41. The molecule has 0 unspecified atom stereocenters. The van der Waals surface area contributed by atoms with Crippen LogP contribution in [0.25, 0.3) is 21.5 Å². The highest BCUT2D eigenvalue weighted by Gasteiger charge is 2.21. The number of hydrogen-bond donors (Lipinski definition) is 0. The summed E-state index contributed by atoms with van der Waals surface area (Å²) in [6, 6.07) is 19.0. The summed E-state index contributed by atoms with van der Waals surface area (Å²) in [6.07, 6.45) is 0. The second kappa shape index (κ2) is 8.11. The van der Waals surface area contributed by atoms with E-state index < -0.39 is 11.9 Å². The third kappa shape index (κ3) is 3.48. The van der Waals surface area contributed by atoms with E-state index in [4.69, 9.17) is 14.2 Å². The number of rotatable bonds is 4. The molecule has 0 saturated heterocycles. The maximum atomic E-state index is 12.4. The molecule has 0 spiro atoms. The predicted molar refractivity (Wildman–Crippen MR) is 120 cm³/mol. The lowest BCUT2D eigenvalue weighted by molar-refractivity contribution is 0.0591. The first-order valence-corrected chi connectivity index (χ1v) is 9.85. The van der Waals surface area contributed by atoms with Crippen LogP contribution in [-0.4, -0.2) is 26.2 Å². The molecule has 5 heteroatoms. The van der Waals surface area contributed by atoms with Gasteiger partial charge in [-0.25, -0.2) is 9.59 Å². The normalized spacial score (nSPS) is 10.8. The lowest BCUT2D eigenvalue weighted by atomic mass is 9.98. The summed E-state index contributed by atoms with van der Waals surface area (Å²) in [4.78, 5) is 24.8. The van der Waals surface area contributed by atoms with E-state index in [0.29, 0.717) is 33.8 Å². The van der Waals surface area contributed by atoms with Crippen molar-refractivity contribution in [2.45, 2.75) is 13.8 Å². The SMILES string of the molecule is COC(=O)c1cc2ccccc2c(Oc2c(C)c(C(=O)OC)cc3ccccc23)c1C. The van der Waals surface area contributed by atoms with E-state index in [2.05, 4.69) is 0 Å². The van der Waals surface area contributed by atoms with Crippen LogP contribution in [0, 0.1) is 13.8 Å². The molecular weight excluding hydrogens is 392 g/mol. The quantitative estimate of drug-likeness (QED) is 0.385. The first kappa shape index (κ1) is 20.4. The lowest BCUT2D eigenvalue weighted by Gasteiger charge is -2.19. The molecule has 4 aromatic rings. The highest BCUT2D eigenvalue weighted by molar-refractivity contribution is 6.03. The van der Waals surface area contributed by atoms with Crippen molar-refractivity contribution in [3.8, 4) is 11.5 Å². The molecule has 0 fully saturated rings. The molecule has 0 heterocycles. The Balaban J connectivity index is 2.02. The topological polar surface area (TPSA) is 61.8 Å². The predicted octanol–water partition coefficient (Wildman–Crippen LogP) is 5.98. The first-order valence-electron chi connectivity index (χ1n) is 9.85. The molecule has 0 saturated carbocycles. The number of fused-ring (bicyclic) bond motifs is 2. The number of hydrogen-bond acceptors (Lipinski definition) is 5. The summed E-state index contributed by atoms with van der Waals surface area (Å²) < 4.78 is 16.5. The Morgan fingerprint density at radius 2 is 1.03 bits per heavy atom. The maximum Gasteiger partial charge on any atom is 0.338 e. The zero-order valence-electron chi connectivity index (χ0n) is 17.8. The van der Waals surface area contributed by atoms with E-state index in [9.17, 15) is 9.59 Å². The minimum absolute atomic E-state index is 0.432. The van der Waals surface area contributed by atoms with Crippen LogP contribution in [0.1, 0.15) is 31.8 Å². The second-order valence-electron chi connectivity index (χ2n) is 7.28. The van der Waals surface area contributed by atoms with Crippen LogP contribution in [0.3, 0.4) is 0 Å². The van der Waals surface area contributed by atoms with Gasteiger partial charge in [0.05, 0.1) is 25.3 Å². The van der Waals surface area contributed by atoms with Gasteiger partial charge in [0.2, 0.25) is 0 Å². The van der Waals surface area contributed by atoms with E-state index in [1.165, 1.54) is 14.2 Å². The zero-order valence-corrected chi connectivity index (χ0v) is 17.8. The Labute approximate surface area is 180 Å². The number of ether oxygens (including phenoxy) is 3. The van der Waals surface area contributed by atoms with E-state index >= 15 is 0 Å². The van der Waals surface area contributed by atoms with Crippen molar-refractivity contribution in [3.05, 3.63) is 82.9 Å². The van der Waals surface area contributed by atoms with Crippen LogP contribution in [0.5, 0.6) is 11.5 Å². The molecule has 0 amide bonds. The fraction of sp³-hybridized carbons (Fsp3) is 0.154. The minimum atomic E-state index is -0.432. The number of esters is 2. The number of carbonyl (C=O) groups excluding carboxylic acids is 2. The summed E-state index contributed by atoms with van der Waals surface area (Å²) >= 11 is 0. The van der Waals surface area contributed by atoms with Gasteiger partial charge in [-0.1, -0.05) is 48.5 Å². The Morgan fingerprint density at radius 3 is 1.42 bits per heavy atom. The average molecular weight is 414 g/mol. The van der Waals surface area contributed by atoms with Gasteiger partial charge in [0.1, 0.15) is 11.5 Å². The van der Waals surface area contributed by atoms with Crippen LogP contribution < -0.4 is 4.74 Å². The van der Waals surface area contributed by atoms with Crippen LogP contribution in [0.4, 0.5) is 0 Å². The lowest BCUT2D eigenvalue weighted by Crippen LogP contribution is -2.07. The number of benzene rings is 4. The first-order chi connectivity index (χ1) is 15.0. The largest absolute Gasteiger partial charge is 0.465 e. The average Bonchev–Trinajstić information content (AvgIpc) is 2.80. The summed E-state index contributed by atoms with van der Waals surface area (Å²) in [5, 5.41) is 3.43. The van der Waals surface area contributed by atoms with Gasteiger partial charge in [-0.15, -0.1) is 0 Å². The molecule has 5 nitrogen and oxygen atoms in total. The Bertz CT molecular complexity index is 1230. The molecule has 0 aliphatic carbocycles. The molecule has 0 bridgehead atoms.